The highest BCUT2D eigenvalue weighted by Crippen LogP contribution is 2.86. The van der Waals surface area contributed by atoms with Crippen LogP contribution in [0.5, 0.6) is 0 Å². The third-order valence-electron chi connectivity index (χ3n) is 4.72. The Morgan fingerprint density at radius 3 is 2.06 bits per heavy atom. The minimum absolute atomic E-state index is 0.967. The molecule has 2 bridgehead atoms. The van der Waals surface area contributed by atoms with Crippen LogP contribution in [0, 0.1) is 5.92 Å². The van der Waals surface area contributed by atoms with Crippen LogP contribution in [0.2, 0.25) is 0 Å². The van der Waals surface area contributed by atoms with E-state index in [0.29, 0.717) is 0 Å². The molecule has 1 nitrogen and oxygen atoms in total. The largest absolute Gasteiger partial charge is 0.363 e. The Balaban J connectivity index is 1.96. The fourth-order valence-corrected chi connectivity index (χ4v) is 3.92. The van der Waals surface area contributed by atoms with Crippen molar-refractivity contribution in [2.75, 3.05) is 0 Å². The van der Waals surface area contributed by atoms with Gasteiger partial charge in [0.05, 0.1) is 12.0 Å². The Morgan fingerprint density at radius 1 is 0.833 bits per heavy atom. The number of hydrogen-bond acceptors (Lipinski definition) is 1. The van der Waals surface area contributed by atoms with Gasteiger partial charge in [-0.3, -0.25) is 0 Å². The van der Waals surface area contributed by atoms with Gasteiger partial charge in [0.1, 0.15) is 6.10 Å². The topological polar surface area (TPSA) is 9.23 Å². The zero-order valence-electron chi connectivity index (χ0n) is 8.44. The van der Waals surface area contributed by atoms with Gasteiger partial charge >= 0.3 is 11.8 Å². The smallest absolute Gasteiger partial charge is 0.353 e. The lowest BCUT2D eigenvalue weighted by molar-refractivity contribution is -0.527. The monoisotopic (exact) mass is 274 g/mol. The summed E-state index contributed by atoms with van der Waals surface area (Å²) in [4.78, 5) is 0. The number of halogens is 7. The van der Waals surface area contributed by atoms with Crippen molar-refractivity contribution in [3.8, 4) is 0 Å². The molecular weight excluding hydrogens is 269 g/mol. The van der Waals surface area contributed by atoms with Crippen molar-refractivity contribution in [3.63, 3.8) is 0 Å². The van der Waals surface area contributed by atoms with Gasteiger partial charge in [-0.15, -0.1) is 0 Å². The van der Waals surface area contributed by atoms with E-state index in [1.807, 2.05) is 0 Å². The molecule has 0 N–H and O–H groups in total. The molecule has 100 valence electrons. The molecule has 18 heavy (non-hydrogen) atoms. The molecule has 6 atom stereocenters. The third kappa shape index (κ3) is 0.543. The molecule has 2 aliphatic carbocycles. The molecule has 2 aliphatic heterocycles. The van der Waals surface area contributed by atoms with Crippen molar-refractivity contribution in [2.45, 2.75) is 41.1 Å². The van der Waals surface area contributed by atoms with E-state index in [2.05, 4.69) is 0 Å². The molecule has 0 aromatic heterocycles. The van der Waals surface area contributed by atoms with E-state index < -0.39 is 47.0 Å². The molecule has 0 aromatic rings. The molecule has 3 fully saturated rings. The summed E-state index contributed by atoms with van der Waals surface area (Å²) in [5.74, 6) is -12.8. The fourth-order valence-electron chi connectivity index (χ4n) is 3.92. The van der Waals surface area contributed by atoms with E-state index in [4.69, 9.17) is 4.74 Å². The predicted molar refractivity (Wildman–Crippen MR) is 42.7 cm³/mol. The summed E-state index contributed by atoms with van der Waals surface area (Å²) >= 11 is 0. The van der Waals surface area contributed by atoms with Crippen molar-refractivity contribution in [1.82, 2.24) is 0 Å². The molecular formula is C10H5F7O. The molecule has 0 amide bonds. The summed E-state index contributed by atoms with van der Waals surface area (Å²) in [6.07, 6.45) is -1.09. The second-order valence-electron chi connectivity index (χ2n) is 5.17. The molecule has 2 saturated carbocycles. The molecule has 2 heterocycles. The van der Waals surface area contributed by atoms with Gasteiger partial charge in [-0.25, -0.2) is 13.2 Å². The Bertz CT molecular complexity index is 504. The van der Waals surface area contributed by atoms with Crippen molar-refractivity contribution in [2.24, 2.45) is 5.92 Å². The predicted octanol–water partition coefficient (Wildman–Crippen LogP) is 2.36. The maximum absolute atomic E-state index is 14.3. The first-order valence-corrected chi connectivity index (χ1v) is 5.24. The van der Waals surface area contributed by atoms with Crippen LogP contribution < -0.4 is 0 Å². The number of fused-ring (bicyclic) bond motifs is 8. The minimum Gasteiger partial charge on any atom is -0.363 e. The van der Waals surface area contributed by atoms with Crippen LogP contribution in [0.3, 0.4) is 0 Å². The Morgan fingerprint density at radius 2 is 1.44 bits per heavy atom. The Kier molecular flexibility index (Phi) is 1.36. The van der Waals surface area contributed by atoms with E-state index in [0.717, 1.165) is 12.2 Å². The van der Waals surface area contributed by atoms with Crippen molar-refractivity contribution in [1.29, 1.82) is 0 Å². The van der Waals surface area contributed by atoms with E-state index in [1.54, 1.807) is 0 Å². The van der Waals surface area contributed by atoms with Gasteiger partial charge in [-0.2, -0.15) is 17.6 Å². The SMILES string of the molecule is FC12C3C=CC(O3)C1C1(F)C(F)(F)C(F)(F)C21F. The van der Waals surface area contributed by atoms with Gasteiger partial charge in [0, 0.05) is 0 Å². The third-order valence-corrected chi connectivity index (χ3v) is 4.72. The first kappa shape index (κ1) is 11.1. The molecule has 6 unspecified atom stereocenters. The lowest BCUT2D eigenvalue weighted by Gasteiger charge is -2.73. The number of rotatable bonds is 0. The summed E-state index contributed by atoms with van der Waals surface area (Å²) in [5.41, 5.74) is -12.2. The van der Waals surface area contributed by atoms with Crippen molar-refractivity contribution < 1.29 is 35.5 Å². The number of alkyl halides is 7. The second-order valence-corrected chi connectivity index (χ2v) is 5.17. The fraction of sp³-hybridized carbons (Fsp3) is 0.800. The molecule has 0 aromatic carbocycles. The van der Waals surface area contributed by atoms with Crippen LogP contribution in [0.4, 0.5) is 30.7 Å². The van der Waals surface area contributed by atoms with E-state index in [9.17, 15) is 30.7 Å². The lowest BCUT2D eigenvalue weighted by atomic mass is 9.35. The van der Waals surface area contributed by atoms with Crippen LogP contribution in [-0.4, -0.2) is 41.1 Å². The quantitative estimate of drug-likeness (QED) is 0.487. The van der Waals surface area contributed by atoms with Gasteiger partial charge < -0.3 is 4.74 Å². The Hall–Kier alpha value is -0.790. The first-order valence-electron chi connectivity index (χ1n) is 5.24. The maximum atomic E-state index is 14.3. The summed E-state index contributed by atoms with van der Waals surface area (Å²) in [7, 11) is 0. The summed E-state index contributed by atoms with van der Waals surface area (Å²) in [5, 5.41) is 0. The van der Waals surface area contributed by atoms with Gasteiger partial charge in [0.25, 0.3) is 5.67 Å². The van der Waals surface area contributed by atoms with Crippen molar-refractivity contribution >= 4 is 0 Å². The zero-order valence-corrected chi connectivity index (χ0v) is 8.44. The number of ether oxygens (including phenoxy) is 1. The van der Waals surface area contributed by atoms with Crippen LogP contribution >= 0.6 is 0 Å². The average molecular weight is 274 g/mol. The molecule has 4 rings (SSSR count). The zero-order chi connectivity index (χ0) is 13.4. The van der Waals surface area contributed by atoms with E-state index in [-0.39, 0.29) is 0 Å². The number of hydrogen-bond donors (Lipinski definition) is 0. The standard InChI is InChI=1S/C10H5F7O/c11-6-4-2-1-3(18-4)5(6)7(12)8(6,13)10(16,17)9(7,14)15/h1-5H. The lowest BCUT2D eigenvalue weighted by Crippen LogP contribution is -3.03. The molecule has 0 spiro atoms. The molecule has 1 saturated heterocycles. The first-order chi connectivity index (χ1) is 8.08. The average Bonchev–Trinajstić information content (AvgIpc) is 2.84. The van der Waals surface area contributed by atoms with Crippen LogP contribution in [0.15, 0.2) is 12.2 Å². The molecule has 8 heteroatoms. The Labute approximate surface area is 95.6 Å². The van der Waals surface area contributed by atoms with E-state index >= 15 is 0 Å². The second kappa shape index (κ2) is 2.21. The van der Waals surface area contributed by atoms with E-state index in [1.165, 1.54) is 0 Å². The van der Waals surface area contributed by atoms with Crippen LogP contribution in [-0.2, 0) is 4.74 Å². The normalized spacial score (nSPS) is 64.9. The van der Waals surface area contributed by atoms with Crippen LogP contribution in [0.25, 0.3) is 0 Å². The van der Waals surface area contributed by atoms with Crippen LogP contribution in [0.1, 0.15) is 0 Å². The maximum Gasteiger partial charge on any atom is 0.353 e. The highest BCUT2D eigenvalue weighted by molar-refractivity contribution is 5.54. The highest BCUT2D eigenvalue weighted by Gasteiger charge is 3.14. The molecule has 0 radical (unpaired) electrons. The van der Waals surface area contributed by atoms with Gasteiger partial charge in [-0.05, 0) is 0 Å². The molecule has 4 aliphatic rings. The summed E-state index contributed by atoms with van der Waals surface area (Å²) in [6.45, 7) is 0. The van der Waals surface area contributed by atoms with Gasteiger partial charge in [0.2, 0.25) is 5.67 Å². The van der Waals surface area contributed by atoms with Gasteiger partial charge in [0.15, 0.2) is 5.67 Å². The minimum atomic E-state index is -5.37. The van der Waals surface area contributed by atoms with Crippen molar-refractivity contribution in [3.05, 3.63) is 12.2 Å². The summed E-state index contributed by atoms with van der Waals surface area (Å²) in [6, 6.07) is 0. The summed E-state index contributed by atoms with van der Waals surface area (Å²) < 4.78 is 99.8. The highest BCUT2D eigenvalue weighted by atomic mass is 19.3. The van der Waals surface area contributed by atoms with Gasteiger partial charge in [-0.1, -0.05) is 12.2 Å².